The highest BCUT2D eigenvalue weighted by molar-refractivity contribution is 9.10. The molecule has 0 radical (unpaired) electrons. The largest absolute Gasteiger partial charge is 0.352 e. The van der Waals surface area contributed by atoms with Gasteiger partial charge in [0.15, 0.2) is 5.78 Å². The molecule has 0 aromatic heterocycles. The second kappa shape index (κ2) is 7.94. The van der Waals surface area contributed by atoms with Crippen LogP contribution in [0.2, 0.25) is 5.02 Å². The number of amides is 3. The maximum Gasteiger partial charge on any atom is 0.312 e. The molecule has 0 saturated carbocycles. The summed E-state index contributed by atoms with van der Waals surface area (Å²) in [5.74, 6) is -0.843. The van der Waals surface area contributed by atoms with Crippen LogP contribution in [0.5, 0.6) is 0 Å². The van der Waals surface area contributed by atoms with E-state index in [4.69, 9.17) is 17.3 Å². The van der Waals surface area contributed by atoms with Crippen LogP contribution in [0.1, 0.15) is 15.9 Å². The van der Waals surface area contributed by atoms with Gasteiger partial charge in [0.1, 0.15) is 0 Å². The van der Waals surface area contributed by atoms with Crippen molar-refractivity contribution in [1.82, 2.24) is 5.32 Å². The van der Waals surface area contributed by atoms with Crippen LogP contribution in [0.4, 0.5) is 10.5 Å². The molecule has 8 heteroatoms. The Kier molecular flexibility index (Phi) is 5.94. The van der Waals surface area contributed by atoms with Gasteiger partial charge in [-0.15, -0.1) is 0 Å². The number of nitrogens with two attached hydrogens (primary N) is 1. The highest BCUT2D eigenvalue weighted by Crippen LogP contribution is 2.26. The lowest BCUT2D eigenvalue weighted by Gasteiger charge is -2.12. The fourth-order valence-corrected chi connectivity index (χ4v) is 2.55. The van der Waals surface area contributed by atoms with Gasteiger partial charge in [0.2, 0.25) is 5.91 Å². The van der Waals surface area contributed by atoms with E-state index in [1.807, 2.05) is 0 Å². The summed E-state index contributed by atoms with van der Waals surface area (Å²) in [6.07, 6.45) is 0. The van der Waals surface area contributed by atoms with Crippen LogP contribution >= 0.6 is 27.5 Å². The second-order valence-electron chi connectivity index (χ2n) is 4.76. The first-order valence-electron chi connectivity index (χ1n) is 6.80. The molecular formula is C16H13BrClN3O3. The molecule has 2 rings (SSSR count). The molecule has 6 nitrogen and oxygen atoms in total. The first kappa shape index (κ1) is 18.0. The van der Waals surface area contributed by atoms with Crippen molar-refractivity contribution in [2.75, 3.05) is 11.9 Å². The fourth-order valence-electron chi connectivity index (χ4n) is 1.97. The number of hydrogen-bond donors (Lipinski definition) is 3. The van der Waals surface area contributed by atoms with Gasteiger partial charge in [0, 0.05) is 15.6 Å². The van der Waals surface area contributed by atoms with Crippen molar-refractivity contribution in [3.63, 3.8) is 0 Å². The first-order valence-corrected chi connectivity index (χ1v) is 7.97. The van der Waals surface area contributed by atoms with Crippen molar-refractivity contribution in [2.45, 2.75) is 0 Å². The summed E-state index contributed by atoms with van der Waals surface area (Å²) in [6.45, 7) is -0.300. The van der Waals surface area contributed by atoms with E-state index in [0.717, 1.165) is 0 Å². The lowest BCUT2D eigenvalue weighted by Crippen LogP contribution is -2.36. The SMILES string of the molecule is NC(=O)NCC(=O)Nc1ccc(Br)cc1C(=O)c1ccccc1Cl. The Labute approximate surface area is 151 Å². The zero-order chi connectivity index (χ0) is 17.7. The van der Waals surface area contributed by atoms with E-state index >= 15 is 0 Å². The second-order valence-corrected chi connectivity index (χ2v) is 6.09. The molecule has 0 heterocycles. The van der Waals surface area contributed by atoms with Crippen molar-refractivity contribution >= 4 is 50.9 Å². The molecule has 2 aromatic carbocycles. The predicted octanol–water partition coefficient (Wildman–Crippen LogP) is 2.94. The maximum atomic E-state index is 12.7. The lowest BCUT2D eigenvalue weighted by molar-refractivity contribution is -0.115. The molecule has 4 N–H and O–H groups in total. The summed E-state index contributed by atoms with van der Waals surface area (Å²) in [5, 5.41) is 5.06. The van der Waals surface area contributed by atoms with Crippen LogP contribution in [0.25, 0.3) is 0 Å². The zero-order valence-corrected chi connectivity index (χ0v) is 14.6. The first-order chi connectivity index (χ1) is 11.4. The van der Waals surface area contributed by atoms with E-state index in [0.29, 0.717) is 20.7 Å². The maximum absolute atomic E-state index is 12.7. The van der Waals surface area contributed by atoms with Crippen molar-refractivity contribution in [3.05, 3.63) is 63.1 Å². The standard InChI is InChI=1S/C16H13BrClN3O3/c17-9-5-6-13(21-14(22)8-20-16(19)24)11(7-9)15(23)10-3-1-2-4-12(10)18/h1-7H,8H2,(H,21,22)(H3,19,20,24). The van der Waals surface area contributed by atoms with Gasteiger partial charge < -0.3 is 16.4 Å². The Morgan fingerprint density at radius 1 is 1.08 bits per heavy atom. The van der Waals surface area contributed by atoms with Crippen LogP contribution < -0.4 is 16.4 Å². The number of carbonyl (C=O) groups excluding carboxylic acids is 3. The van der Waals surface area contributed by atoms with Crippen LogP contribution in [0.15, 0.2) is 46.9 Å². The monoisotopic (exact) mass is 409 g/mol. The number of rotatable bonds is 5. The molecule has 24 heavy (non-hydrogen) atoms. The quantitative estimate of drug-likeness (QED) is 0.661. The topological polar surface area (TPSA) is 101 Å². The van der Waals surface area contributed by atoms with Gasteiger partial charge >= 0.3 is 6.03 Å². The number of ketones is 1. The van der Waals surface area contributed by atoms with E-state index in [-0.39, 0.29) is 17.9 Å². The Balaban J connectivity index is 2.31. The van der Waals surface area contributed by atoms with Crippen LogP contribution in [-0.2, 0) is 4.79 Å². The number of carbonyl (C=O) groups is 3. The summed E-state index contributed by atoms with van der Waals surface area (Å²) < 4.78 is 0.672. The summed E-state index contributed by atoms with van der Waals surface area (Å²) in [6, 6.07) is 10.7. The molecular weight excluding hydrogens is 398 g/mol. The van der Waals surface area contributed by atoms with Crippen LogP contribution in [-0.4, -0.2) is 24.3 Å². The van der Waals surface area contributed by atoms with E-state index in [1.165, 1.54) is 0 Å². The third kappa shape index (κ3) is 4.56. The van der Waals surface area contributed by atoms with Crippen LogP contribution in [0.3, 0.4) is 0 Å². The molecule has 3 amide bonds. The molecule has 2 aromatic rings. The average Bonchev–Trinajstić information content (AvgIpc) is 2.54. The molecule has 0 spiro atoms. The Bertz CT molecular complexity index is 811. The van der Waals surface area contributed by atoms with Crippen molar-refractivity contribution in [2.24, 2.45) is 5.73 Å². The van der Waals surface area contributed by atoms with E-state index in [2.05, 4.69) is 26.6 Å². The molecule has 0 saturated heterocycles. The minimum absolute atomic E-state index is 0.268. The van der Waals surface area contributed by atoms with E-state index in [9.17, 15) is 14.4 Å². The Hall–Kier alpha value is -2.38. The molecule has 124 valence electrons. The van der Waals surface area contributed by atoms with Gasteiger partial charge in [-0.05, 0) is 30.3 Å². The number of benzene rings is 2. The number of primary amides is 1. The Morgan fingerprint density at radius 2 is 1.79 bits per heavy atom. The third-order valence-electron chi connectivity index (χ3n) is 3.04. The molecule has 0 atom stereocenters. The van der Waals surface area contributed by atoms with Crippen molar-refractivity contribution in [1.29, 1.82) is 0 Å². The molecule has 0 bridgehead atoms. The van der Waals surface area contributed by atoms with E-state index in [1.54, 1.807) is 42.5 Å². The molecule has 0 aliphatic carbocycles. The normalized spacial score (nSPS) is 10.1. The van der Waals surface area contributed by atoms with Gasteiger partial charge in [0.05, 0.1) is 17.3 Å². The molecule has 0 fully saturated rings. The zero-order valence-electron chi connectivity index (χ0n) is 12.3. The molecule has 0 aliphatic heterocycles. The summed E-state index contributed by atoms with van der Waals surface area (Å²) in [5.41, 5.74) is 5.82. The average molecular weight is 411 g/mol. The summed E-state index contributed by atoms with van der Waals surface area (Å²) >= 11 is 9.37. The fraction of sp³-hybridized carbons (Fsp3) is 0.0625. The van der Waals surface area contributed by atoms with Crippen molar-refractivity contribution in [3.8, 4) is 0 Å². The van der Waals surface area contributed by atoms with Crippen LogP contribution in [0, 0.1) is 0 Å². The summed E-state index contributed by atoms with van der Waals surface area (Å²) in [7, 11) is 0. The van der Waals surface area contributed by atoms with Gasteiger partial charge in [-0.1, -0.05) is 39.7 Å². The predicted molar refractivity (Wildman–Crippen MR) is 95.2 cm³/mol. The Morgan fingerprint density at radius 3 is 2.46 bits per heavy atom. The smallest absolute Gasteiger partial charge is 0.312 e. The summed E-state index contributed by atoms with van der Waals surface area (Å²) in [4.78, 5) is 35.2. The third-order valence-corrected chi connectivity index (χ3v) is 3.86. The number of hydrogen-bond acceptors (Lipinski definition) is 3. The van der Waals surface area contributed by atoms with Crippen molar-refractivity contribution < 1.29 is 14.4 Å². The van der Waals surface area contributed by atoms with Gasteiger partial charge in [0.25, 0.3) is 0 Å². The number of halogens is 2. The minimum atomic E-state index is -0.812. The lowest BCUT2D eigenvalue weighted by atomic mass is 10.0. The van der Waals surface area contributed by atoms with Gasteiger partial charge in [-0.3, -0.25) is 9.59 Å². The van der Waals surface area contributed by atoms with Gasteiger partial charge in [-0.2, -0.15) is 0 Å². The number of nitrogens with one attached hydrogen (secondary N) is 2. The minimum Gasteiger partial charge on any atom is -0.352 e. The number of urea groups is 1. The van der Waals surface area contributed by atoms with Gasteiger partial charge in [-0.25, -0.2) is 4.79 Å². The highest BCUT2D eigenvalue weighted by atomic mass is 79.9. The highest BCUT2D eigenvalue weighted by Gasteiger charge is 2.18. The molecule has 0 aliphatic rings. The van der Waals surface area contributed by atoms with E-state index < -0.39 is 11.9 Å². The molecule has 0 unspecified atom stereocenters. The number of anilines is 1.